The summed E-state index contributed by atoms with van der Waals surface area (Å²) in [5.74, 6) is -0.970. The lowest BCUT2D eigenvalue weighted by Gasteiger charge is -2.33. The van der Waals surface area contributed by atoms with Crippen LogP contribution >= 0.6 is 11.6 Å². The number of halogens is 1. The topological polar surface area (TPSA) is 152 Å². The summed E-state index contributed by atoms with van der Waals surface area (Å²) in [6.45, 7) is 2.24. The summed E-state index contributed by atoms with van der Waals surface area (Å²) in [4.78, 5) is 24.2. The van der Waals surface area contributed by atoms with Crippen molar-refractivity contribution in [1.82, 2.24) is 24.7 Å². The summed E-state index contributed by atoms with van der Waals surface area (Å²) in [5.41, 5.74) is 15.5. The summed E-state index contributed by atoms with van der Waals surface area (Å²) < 4.78 is 1.55. The van der Waals surface area contributed by atoms with Crippen molar-refractivity contribution in [3.63, 3.8) is 0 Å². The van der Waals surface area contributed by atoms with Crippen LogP contribution in [-0.4, -0.2) is 54.9 Å². The number of nitrogens with two attached hydrogens (primary N) is 2. The van der Waals surface area contributed by atoms with Crippen molar-refractivity contribution in [3.8, 4) is 0 Å². The third kappa shape index (κ3) is 5.24. The lowest BCUT2D eigenvalue weighted by molar-refractivity contribution is 0.0696. The second-order valence-corrected chi connectivity index (χ2v) is 8.23. The van der Waals surface area contributed by atoms with Gasteiger partial charge in [-0.05, 0) is 25.0 Å². The van der Waals surface area contributed by atoms with Crippen molar-refractivity contribution >= 4 is 40.0 Å². The minimum atomic E-state index is -0.970. The predicted molar refractivity (Wildman–Crippen MR) is 127 cm³/mol. The molecule has 33 heavy (non-hydrogen) atoms. The highest BCUT2D eigenvalue weighted by atomic mass is 35.5. The minimum absolute atomic E-state index is 0.186. The van der Waals surface area contributed by atoms with Crippen molar-refractivity contribution in [3.05, 3.63) is 65.5 Å². The average molecular weight is 469 g/mol. The molecule has 11 heteroatoms. The fraction of sp³-hybridized carbons (Fsp3) is 0.273. The quantitative estimate of drug-likeness (QED) is 0.356. The number of carbonyl (C=O) groups is 1. The molecule has 4 aromatic rings. The first-order valence-electron chi connectivity index (χ1n) is 10.5. The molecule has 1 atom stereocenters. The summed E-state index contributed by atoms with van der Waals surface area (Å²) in [5, 5.41) is 14.2. The zero-order valence-corrected chi connectivity index (χ0v) is 18.6. The normalized spacial score (nSPS) is 15.8. The Bertz CT molecular complexity index is 1240. The number of aromatic nitrogens is 5. The average Bonchev–Trinajstić information content (AvgIpc) is 3.42. The largest absolute Gasteiger partial charge is 0.478 e. The molecule has 0 unspecified atom stereocenters. The lowest BCUT2D eigenvalue weighted by atomic mass is 10.1. The number of anilines is 2. The molecule has 0 aromatic carbocycles. The van der Waals surface area contributed by atoms with Crippen LogP contribution in [0.15, 0.2) is 49.2 Å². The first-order valence-corrected chi connectivity index (χ1v) is 10.9. The van der Waals surface area contributed by atoms with Gasteiger partial charge in [-0.25, -0.2) is 9.78 Å². The fourth-order valence-electron chi connectivity index (χ4n) is 3.82. The highest BCUT2D eigenvalue weighted by Gasteiger charge is 2.22. The van der Waals surface area contributed by atoms with Gasteiger partial charge in [0.25, 0.3) is 0 Å². The van der Waals surface area contributed by atoms with E-state index in [0.29, 0.717) is 17.3 Å². The Morgan fingerprint density at radius 2 is 2.15 bits per heavy atom. The van der Waals surface area contributed by atoms with Gasteiger partial charge in [-0.2, -0.15) is 5.10 Å². The van der Waals surface area contributed by atoms with Gasteiger partial charge < -0.3 is 26.5 Å². The molecule has 0 saturated carbocycles. The zero-order valence-electron chi connectivity index (χ0n) is 17.9. The minimum Gasteiger partial charge on any atom is -0.478 e. The highest BCUT2D eigenvalue weighted by Crippen LogP contribution is 2.37. The van der Waals surface area contributed by atoms with Crippen LogP contribution in [0.1, 0.15) is 28.9 Å². The molecular formula is C22H25ClN8O2. The molecule has 1 fully saturated rings. The number of pyridine rings is 2. The van der Waals surface area contributed by atoms with Gasteiger partial charge in [-0.3, -0.25) is 9.67 Å². The molecule has 0 radical (unpaired) electrons. The van der Waals surface area contributed by atoms with Crippen molar-refractivity contribution in [2.45, 2.75) is 25.4 Å². The van der Waals surface area contributed by atoms with Crippen molar-refractivity contribution in [2.75, 3.05) is 23.7 Å². The van der Waals surface area contributed by atoms with E-state index in [4.69, 9.17) is 28.2 Å². The molecule has 1 aliphatic heterocycles. The molecule has 0 aliphatic carbocycles. The smallest absolute Gasteiger partial charge is 0.338 e. The second-order valence-electron chi connectivity index (χ2n) is 7.82. The van der Waals surface area contributed by atoms with E-state index in [1.165, 1.54) is 12.4 Å². The Hall–Kier alpha value is -3.63. The number of nitrogen functional groups attached to an aromatic ring is 1. The summed E-state index contributed by atoms with van der Waals surface area (Å²) >= 11 is 6.30. The van der Waals surface area contributed by atoms with Gasteiger partial charge in [0, 0.05) is 37.7 Å². The van der Waals surface area contributed by atoms with Crippen LogP contribution in [-0.2, 0) is 6.54 Å². The van der Waals surface area contributed by atoms with Crippen LogP contribution in [0.2, 0.25) is 5.02 Å². The molecule has 1 aliphatic rings. The molecule has 4 aromatic heterocycles. The van der Waals surface area contributed by atoms with Gasteiger partial charge in [0.05, 0.1) is 52.0 Å². The Morgan fingerprint density at radius 1 is 1.30 bits per heavy atom. The van der Waals surface area contributed by atoms with Crippen LogP contribution in [0, 0.1) is 0 Å². The molecule has 5 rings (SSSR count). The van der Waals surface area contributed by atoms with Gasteiger partial charge >= 0.3 is 5.97 Å². The number of carboxylic acid groups (broad SMARTS) is 1. The number of rotatable bonds is 4. The molecular weight excluding hydrogens is 444 g/mol. The van der Waals surface area contributed by atoms with Crippen molar-refractivity contribution < 1.29 is 9.90 Å². The Morgan fingerprint density at radius 3 is 2.85 bits per heavy atom. The van der Waals surface area contributed by atoms with Gasteiger partial charge in [0.2, 0.25) is 0 Å². The number of aromatic amines is 1. The zero-order chi connectivity index (χ0) is 23.4. The van der Waals surface area contributed by atoms with Crippen LogP contribution in [0.4, 0.5) is 11.4 Å². The number of nitrogens with one attached hydrogen (secondary N) is 1. The SMILES string of the molecule is Nc1c[nH]c2ncc(Cl)c(N3CCC[C@@H](N)C3)c12.O=C(O)c1cnn(Cc2ccccn2)c1. The molecule has 5 heterocycles. The molecule has 0 spiro atoms. The van der Waals surface area contributed by atoms with Gasteiger partial charge in [0.15, 0.2) is 0 Å². The van der Waals surface area contributed by atoms with Crippen LogP contribution in [0.25, 0.3) is 11.0 Å². The Labute approximate surface area is 195 Å². The maximum absolute atomic E-state index is 10.6. The maximum Gasteiger partial charge on any atom is 0.338 e. The number of hydrogen-bond acceptors (Lipinski definition) is 7. The number of nitrogens with zero attached hydrogens (tertiary/aromatic N) is 5. The van der Waals surface area contributed by atoms with E-state index in [9.17, 15) is 4.79 Å². The van der Waals surface area contributed by atoms with Crippen LogP contribution < -0.4 is 16.4 Å². The predicted octanol–water partition coefficient (Wildman–Crippen LogP) is 2.75. The van der Waals surface area contributed by atoms with E-state index in [0.717, 1.165) is 48.3 Å². The first kappa shape index (κ1) is 22.6. The molecule has 1 saturated heterocycles. The second kappa shape index (κ2) is 9.88. The monoisotopic (exact) mass is 468 g/mol. The summed E-state index contributed by atoms with van der Waals surface area (Å²) in [7, 11) is 0. The number of piperidine rings is 1. The van der Waals surface area contributed by atoms with Gasteiger partial charge in [0.1, 0.15) is 5.65 Å². The van der Waals surface area contributed by atoms with E-state index in [1.807, 2.05) is 18.2 Å². The maximum atomic E-state index is 10.6. The fourth-order valence-corrected chi connectivity index (χ4v) is 4.08. The number of aromatic carboxylic acids is 1. The van der Waals surface area contributed by atoms with Gasteiger partial charge in [-0.15, -0.1) is 0 Å². The van der Waals surface area contributed by atoms with Crippen LogP contribution in [0.5, 0.6) is 0 Å². The Kier molecular flexibility index (Phi) is 6.76. The third-order valence-corrected chi connectivity index (χ3v) is 5.64. The molecule has 10 nitrogen and oxygen atoms in total. The van der Waals surface area contributed by atoms with Gasteiger partial charge in [-0.1, -0.05) is 17.7 Å². The van der Waals surface area contributed by atoms with E-state index in [2.05, 4.69) is 25.0 Å². The number of carboxylic acids is 1. The summed E-state index contributed by atoms with van der Waals surface area (Å²) in [6, 6.07) is 5.76. The lowest BCUT2D eigenvalue weighted by Crippen LogP contribution is -2.43. The van der Waals surface area contributed by atoms with Crippen molar-refractivity contribution in [2.24, 2.45) is 5.73 Å². The highest BCUT2D eigenvalue weighted by molar-refractivity contribution is 6.35. The van der Waals surface area contributed by atoms with Crippen LogP contribution in [0.3, 0.4) is 0 Å². The standard InChI is InChI=1S/C12H16ClN5.C10H9N3O2/c13-8-4-16-12-10(9(15)5-17-12)11(8)18-3-1-2-7(14)6-18;14-10(15)8-5-12-13(6-8)7-9-3-1-2-4-11-9/h4-5,7H,1-3,6,14-15H2,(H,16,17);1-6H,7H2,(H,14,15)/t7-;/m1./s1. The number of H-pyrrole nitrogens is 1. The number of fused-ring (bicyclic) bond motifs is 1. The molecule has 172 valence electrons. The first-order chi connectivity index (χ1) is 15.9. The number of hydrogen-bond donors (Lipinski definition) is 4. The Balaban J connectivity index is 0.000000160. The molecule has 6 N–H and O–H groups in total. The molecule has 0 amide bonds. The summed E-state index contributed by atoms with van der Waals surface area (Å²) in [6.07, 6.45) is 10.0. The third-order valence-electron chi connectivity index (χ3n) is 5.36. The van der Waals surface area contributed by atoms with E-state index in [-0.39, 0.29) is 11.6 Å². The molecule has 0 bridgehead atoms. The van der Waals surface area contributed by atoms with E-state index >= 15 is 0 Å². The van der Waals surface area contributed by atoms with E-state index < -0.39 is 5.97 Å². The van der Waals surface area contributed by atoms with Crippen molar-refractivity contribution in [1.29, 1.82) is 0 Å². The van der Waals surface area contributed by atoms with E-state index in [1.54, 1.807) is 23.3 Å².